The Morgan fingerprint density at radius 2 is 2.42 bits per heavy atom. The maximum absolute atomic E-state index is 8.53. The van der Waals surface area contributed by atoms with Crippen LogP contribution >= 0.6 is 27.5 Å². The zero-order chi connectivity index (χ0) is 8.97. The fourth-order valence-corrected chi connectivity index (χ4v) is 1.11. The predicted octanol–water partition coefficient (Wildman–Crippen LogP) is 1.30. The number of aliphatic hydroxyl groups excluding tert-OH is 1. The first-order valence-electron chi connectivity index (χ1n) is 3.27. The molecule has 2 N–H and O–H groups in total. The first-order chi connectivity index (χ1) is 5.74. The third-order valence-electron chi connectivity index (χ3n) is 1.12. The Morgan fingerprint density at radius 1 is 1.67 bits per heavy atom. The fourth-order valence-electron chi connectivity index (χ4n) is 0.644. The lowest BCUT2D eigenvalue weighted by atomic mass is 10.5. The average molecular weight is 252 g/mol. The summed E-state index contributed by atoms with van der Waals surface area (Å²) in [5.74, 6) is 0.587. The molecule has 0 unspecified atom stereocenters. The van der Waals surface area contributed by atoms with Crippen molar-refractivity contribution in [2.24, 2.45) is 0 Å². The van der Waals surface area contributed by atoms with Crippen LogP contribution in [0.25, 0.3) is 0 Å². The van der Waals surface area contributed by atoms with E-state index in [1.54, 1.807) is 6.20 Å². The van der Waals surface area contributed by atoms with Crippen LogP contribution in [0, 0.1) is 0 Å². The minimum absolute atomic E-state index is 0.0497. The number of rotatable bonds is 3. The smallest absolute Gasteiger partial charge is 0.224 e. The molecule has 0 aliphatic carbocycles. The molecule has 0 saturated carbocycles. The monoisotopic (exact) mass is 251 g/mol. The molecule has 12 heavy (non-hydrogen) atoms. The van der Waals surface area contributed by atoms with Gasteiger partial charge in [-0.2, -0.15) is 4.98 Å². The zero-order valence-electron chi connectivity index (χ0n) is 6.09. The highest BCUT2D eigenvalue weighted by Crippen LogP contribution is 2.19. The van der Waals surface area contributed by atoms with Crippen molar-refractivity contribution in [3.63, 3.8) is 0 Å². The standard InChI is InChI=1S/C6H7BrClN3O/c7-4-3-10-6(8)11-5(4)9-1-2-12/h3,12H,1-2H2,(H,9,10,11). The molecule has 0 fully saturated rings. The van der Waals surface area contributed by atoms with E-state index in [1.807, 2.05) is 0 Å². The fraction of sp³-hybridized carbons (Fsp3) is 0.333. The molecule has 0 bridgehead atoms. The first kappa shape index (κ1) is 9.70. The van der Waals surface area contributed by atoms with Gasteiger partial charge in [0.15, 0.2) is 0 Å². The number of aromatic nitrogens is 2. The summed E-state index contributed by atoms with van der Waals surface area (Å²) in [5, 5.41) is 11.6. The number of halogens is 2. The molecule has 0 amide bonds. The van der Waals surface area contributed by atoms with Crippen LogP contribution in [0.1, 0.15) is 0 Å². The number of aliphatic hydroxyl groups is 1. The Kier molecular flexibility index (Phi) is 3.71. The third-order valence-corrected chi connectivity index (χ3v) is 1.88. The Labute approximate surface area is 83.1 Å². The van der Waals surface area contributed by atoms with Crippen LogP contribution in [0.4, 0.5) is 5.82 Å². The van der Waals surface area contributed by atoms with Crippen LogP contribution in [-0.2, 0) is 0 Å². The summed E-state index contributed by atoms with van der Waals surface area (Å²) in [6.07, 6.45) is 1.55. The van der Waals surface area contributed by atoms with Gasteiger partial charge in [-0.15, -0.1) is 0 Å². The Morgan fingerprint density at radius 3 is 3.08 bits per heavy atom. The second-order valence-electron chi connectivity index (χ2n) is 1.99. The van der Waals surface area contributed by atoms with E-state index in [2.05, 4.69) is 31.2 Å². The lowest BCUT2D eigenvalue weighted by molar-refractivity contribution is 0.311. The van der Waals surface area contributed by atoms with Crippen LogP contribution in [0.15, 0.2) is 10.7 Å². The molecule has 0 saturated heterocycles. The first-order valence-corrected chi connectivity index (χ1v) is 4.44. The van der Waals surface area contributed by atoms with E-state index in [4.69, 9.17) is 16.7 Å². The summed E-state index contributed by atoms with van der Waals surface area (Å²) in [4.78, 5) is 7.65. The maximum Gasteiger partial charge on any atom is 0.224 e. The summed E-state index contributed by atoms with van der Waals surface area (Å²) in [5.41, 5.74) is 0. The Balaban J connectivity index is 2.75. The quantitative estimate of drug-likeness (QED) is 0.796. The Hall–Kier alpha value is -0.390. The molecule has 1 rings (SSSR count). The van der Waals surface area contributed by atoms with Crippen molar-refractivity contribution in [1.29, 1.82) is 0 Å². The molecule has 6 heteroatoms. The molecule has 1 aromatic rings. The number of anilines is 1. The van der Waals surface area contributed by atoms with Gasteiger partial charge in [0.05, 0.1) is 11.1 Å². The van der Waals surface area contributed by atoms with Gasteiger partial charge >= 0.3 is 0 Å². The number of nitrogens with zero attached hydrogens (tertiary/aromatic N) is 2. The third kappa shape index (κ3) is 2.58. The van der Waals surface area contributed by atoms with Crippen LogP contribution in [0.5, 0.6) is 0 Å². The molecule has 0 radical (unpaired) electrons. The number of hydrogen-bond donors (Lipinski definition) is 2. The van der Waals surface area contributed by atoms with Crippen molar-refractivity contribution in [2.75, 3.05) is 18.5 Å². The normalized spacial score (nSPS) is 9.92. The van der Waals surface area contributed by atoms with E-state index in [9.17, 15) is 0 Å². The second kappa shape index (κ2) is 4.59. The molecular formula is C6H7BrClN3O. The van der Waals surface area contributed by atoms with E-state index in [1.165, 1.54) is 0 Å². The van der Waals surface area contributed by atoms with E-state index in [-0.39, 0.29) is 11.9 Å². The van der Waals surface area contributed by atoms with Crippen LogP contribution < -0.4 is 5.32 Å². The van der Waals surface area contributed by atoms with Crippen molar-refractivity contribution in [1.82, 2.24) is 9.97 Å². The molecule has 4 nitrogen and oxygen atoms in total. The summed E-state index contributed by atoms with van der Waals surface area (Å²) < 4.78 is 0.723. The van der Waals surface area contributed by atoms with Crippen molar-refractivity contribution in [2.45, 2.75) is 0 Å². The topological polar surface area (TPSA) is 58.0 Å². The van der Waals surface area contributed by atoms with Crippen molar-refractivity contribution >= 4 is 33.3 Å². The highest BCUT2D eigenvalue weighted by atomic mass is 79.9. The van der Waals surface area contributed by atoms with Gasteiger partial charge in [0.2, 0.25) is 5.28 Å². The number of hydrogen-bond acceptors (Lipinski definition) is 4. The average Bonchev–Trinajstić information content (AvgIpc) is 2.07. The summed E-state index contributed by atoms with van der Waals surface area (Å²) in [6, 6.07) is 0. The summed E-state index contributed by atoms with van der Waals surface area (Å²) in [7, 11) is 0. The Bertz CT molecular complexity index is 271. The van der Waals surface area contributed by atoms with E-state index in [0.717, 1.165) is 4.47 Å². The van der Waals surface area contributed by atoms with Crippen molar-refractivity contribution in [3.8, 4) is 0 Å². The molecule has 0 aliphatic heterocycles. The van der Waals surface area contributed by atoms with Crippen molar-refractivity contribution < 1.29 is 5.11 Å². The van der Waals surface area contributed by atoms with Gasteiger partial charge < -0.3 is 10.4 Å². The predicted molar refractivity (Wildman–Crippen MR) is 50.3 cm³/mol. The highest BCUT2D eigenvalue weighted by Gasteiger charge is 2.01. The molecule has 0 aromatic carbocycles. The van der Waals surface area contributed by atoms with Gasteiger partial charge in [-0.1, -0.05) is 0 Å². The molecular weight excluding hydrogens is 245 g/mol. The van der Waals surface area contributed by atoms with E-state index in [0.29, 0.717) is 12.4 Å². The van der Waals surface area contributed by atoms with Gasteiger partial charge in [0.25, 0.3) is 0 Å². The zero-order valence-corrected chi connectivity index (χ0v) is 8.43. The lowest BCUT2D eigenvalue weighted by Gasteiger charge is -2.04. The highest BCUT2D eigenvalue weighted by molar-refractivity contribution is 9.10. The van der Waals surface area contributed by atoms with Crippen molar-refractivity contribution in [3.05, 3.63) is 16.0 Å². The van der Waals surface area contributed by atoms with E-state index < -0.39 is 0 Å². The van der Waals surface area contributed by atoms with Gasteiger partial charge in [0.1, 0.15) is 5.82 Å². The van der Waals surface area contributed by atoms with Gasteiger partial charge in [-0.05, 0) is 27.5 Å². The molecule has 66 valence electrons. The second-order valence-corrected chi connectivity index (χ2v) is 3.18. The van der Waals surface area contributed by atoms with E-state index >= 15 is 0 Å². The summed E-state index contributed by atoms with van der Waals surface area (Å²) in [6.45, 7) is 0.486. The minimum Gasteiger partial charge on any atom is -0.395 e. The van der Waals surface area contributed by atoms with Crippen LogP contribution in [0.3, 0.4) is 0 Å². The SMILES string of the molecule is OCCNc1nc(Cl)ncc1Br. The minimum atomic E-state index is 0.0497. The van der Waals surface area contributed by atoms with Gasteiger partial charge in [0, 0.05) is 12.7 Å². The van der Waals surface area contributed by atoms with Gasteiger partial charge in [-0.25, -0.2) is 4.98 Å². The lowest BCUT2D eigenvalue weighted by Crippen LogP contribution is -2.07. The molecule has 0 aliphatic rings. The largest absolute Gasteiger partial charge is 0.395 e. The summed E-state index contributed by atoms with van der Waals surface area (Å²) >= 11 is 8.78. The molecule has 1 heterocycles. The molecule has 0 spiro atoms. The van der Waals surface area contributed by atoms with Gasteiger partial charge in [-0.3, -0.25) is 0 Å². The molecule has 1 aromatic heterocycles. The molecule has 0 atom stereocenters. The van der Waals surface area contributed by atoms with Crippen LogP contribution in [0.2, 0.25) is 5.28 Å². The number of nitrogens with one attached hydrogen (secondary N) is 1. The maximum atomic E-state index is 8.53. The van der Waals surface area contributed by atoms with Crippen LogP contribution in [-0.4, -0.2) is 28.2 Å².